The van der Waals surface area contributed by atoms with Crippen molar-refractivity contribution in [2.24, 2.45) is 0 Å². The van der Waals surface area contributed by atoms with E-state index in [0.717, 1.165) is 0 Å². The Morgan fingerprint density at radius 2 is 2.33 bits per heavy atom. The van der Waals surface area contributed by atoms with E-state index < -0.39 is 12.0 Å². The summed E-state index contributed by atoms with van der Waals surface area (Å²) in [5.41, 5.74) is 0.289. The first-order valence-electron chi connectivity index (χ1n) is 4.62. The summed E-state index contributed by atoms with van der Waals surface area (Å²) >= 11 is 5.76. The van der Waals surface area contributed by atoms with Gasteiger partial charge in [0.25, 0.3) is 5.91 Å². The molecule has 0 aliphatic carbocycles. The highest BCUT2D eigenvalue weighted by Gasteiger charge is 2.32. The minimum atomic E-state index is -0.622. The van der Waals surface area contributed by atoms with E-state index >= 15 is 0 Å². The fourth-order valence-corrected chi connectivity index (χ4v) is 1.64. The third kappa shape index (κ3) is 1.66. The molecule has 2 rings (SSSR count). The Labute approximate surface area is 92.0 Å². The van der Waals surface area contributed by atoms with Crippen molar-refractivity contribution in [1.29, 1.82) is 0 Å². The SMILES string of the molecule is CCC1Oc2ccc(Cl)cc2N(O)C1=O. The summed E-state index contributed by atoms with van der Waals surface area (Å²) in [5, 5.41) is 10.6. The predicted octanol–water partition coefficient (Wildman–Crippen LogP) is 2.23. The molecule has 1 atom stereocenters. The van der Waals surface area contributed by atoms with Crippen LogP contribution in [0, 0.1) is 0 Å². The summed E-state index contributed by atoms with van der Waals surface area (Å²) in [7, 11) is 0. The molecule has 15 heavy (non-hydrogen) atoms. The average molecular weight is 228 g/mol. The number of amides is 1. The lowest BCUT2D eigenvalue weighted by atomic mass is 10.2. The average Bonchev–Trinajstić information content (AvgIpc) is 2.24. The molecule has 0 radical (unpaired) electrons. The van der Waals surface area contributed by atoms with Crippen molar-refractivity contribution < 1.29 is 14.7 Å². The van der Waals surface area contributed by atoms with E-state index in [1.165, 1.54) is 6.07 Å². The third-order valence-electron chi connectivity index (χ3n) is 2.27. The number of hydroxylamine groups is 1. The number of fused-ring (bicyclic) bond motifs is 1. The van der Waals surface area contributed by atoms with Crippen molar-refractivity contribution in [2.75, 3.05) is 5.06 Å². The zero-order valence-corrected chi connectivity index (χ0v) is 8.86. The topological polar surface area (TPSA) is 49.8 Å². The van der Waals surface area contributed by atoms with Crippen LogP contribution in [-0.4, -0.2) is 17.2 Å². The maximum atomic E-state index is 11.5. The molecule has 0 aromatic heterocycles. The minimum Gasteiger partial charge on any atom is -0.478 e. The number of hydrogen-bond acceptors (Lipinski definition) is 3. The summed E-state index contributed by atoms with van der Waals surface area (Å²) in [6.45, 7) is 1.82. The molecule has 1 aliphatic rings. The molecule has 1 heterocycles. The van der Waals surface area contributed by atoms with Crippen molar-refractivity contribution in [2.45, 2.75) is 19.4 Å². The zero-order chi connectivity index (χ0) is 11.0. The van der Waals surface area contributed by atoms with Crippen LogP contribution in [0.4, 0.5) is 5.69 Å². The van der Waals surface area contributed by atoms with E-state index in [1.54, 1.807) is 12.1 Å². The van der Waals surface area contributed by atoms with Crippen molar-refractivity contribution in [1.82, 2.24) is 0 Å². The number of hydrogen-bond donors (Lipinski definition) is 1. The molecular weight excluding hydrogens is 218 g/mol. The van der Waals surface area contributed by atoms with Crippen LogP contribution in [0.3, 0.4) is 0 Å². The molecule has 0 saturated heterocycles. The number of rotatable bonds is 1. The van der Waals surface area contributed by atoms with Crippen LogP contribution in [0.2, 0.25) is 5.02 Å². The summed E-state index contributed by atoms with van der Waals surface area (Å²) < 4.78 is 5.41. The molecule has 0 bridgehead atoms. The second-order valence-corrected chi connectivity index (χ2v) is 3.71. The third-order valence-corrected chi connectivity index (χ3v) is 2.51. The van der Waals surface area contributed by atoms with Gasteiger partial charge >= 0.3 is 0 Å². The molecule has 1 aliphatic heterocycles. The van der Waals surface area contributed by atoms with Gasteiger partial charge in [0, 0.05) is 5.02 Å². The van der Waals surface area contributed by atoms with Crippen molar-refractivity contribution in [3.05, 3.63) is 23.2 Å². The second-order valence-electron chi connectivity index (χ2n) is 3.28. The second kappa shape index (κ2) is 3.72. The standard InChI is InChI=1S/C10H10ClNO3/c1-2-8-10(13)12(14)7-5-6(11)3-4-9(7)15-8/h3-5,8,14H,2H2,1H3. The van der Waals surface area contributed by atoms with Gasteiger partial charge in [-0.1, -0.05) is 18.5 Å². The highest BCUT2D eigenvalue weighted by atomic mass is 35.5. The van der Waals surface area contributed by atoms with Gasteiger partial charge in [-0.2, -0.15) is 5.06 Å². The van der Waals surface area contributed by atoms with Gasteiger partial charge in [-0.15, -0.1) is 0 Å². The van der Waals surface area contributed by atoms with Gasteiger partial charge in [-0.25, -0.2) is 0 Å². The van der Waals surface area contributed by atoms with E-state index in [1.807, 2.05) is 6.92 Å². The van der Waals surface area contributed by atoms with E-state index in [4.69, 9.17) is 16.3 Å². The molecule has 1 N–H and O–H groups in total. The number of ether oxygens (including phenoxy) is 1. The normalized spacial score (nSPS) is 19.8. The van der Waals surface area contributed by atoms with Gasteiger partial charge < -0.3 is 4.74 Å². The van der Waals surface area contributed by atoms with Crippen LogP contribution in [0.25, 0.3) is 0 Å². The maximum absolute atomic E-state index is 11.5. The Morgan fingerprint density at radius 1 is 1.60 bits per heavy atom. The molecular formula is C10H10ClNO3. The van der Waals surface area contributed by atoms with Gasteiger partial charge in [-0.05, 0) is 24.6 Å². The lowest BCUT2D eigenvalue weighted by molar-refractivity contribution is -0.132. The molecule has 1 aromatic rings. The van der Waals surface area contributed by atoms with Crippen molar-refractivity contribution in [3.8, 4) is 5.75 Å². The summed E-state index contributed by atoms with van der Waals surface area (Å²) in [5.74, 6) is 0.000571. The Bertz CT molecular complexity index is 408. The smallest absolute Gasteiger partial charge is 0.291 e. The van der Waals surface area contributed by atoms with Gasteiger partial charge in [0.2, 0.25) is 0 Å². The first-order chi connectivity index (χ1) is 7.13. The van der Waals surface area contributed by atoms with Crippen LogP contribution in [0.5, 0.6) is 5.75 Å². The molecule has 5 heteroatoms. The van der Waals surface area contributed by atoms with Gasteiger partial charge in [-0.3, -0.25) is 10.0 Å². The lowest BCUT2D eigenvalue weighted by Crippen LogP contribution is -2.43. The summed E-state index contributed by atoms with van der Waals surface area (Å²) in [6.07, 6.45) is -0.110. The van der Waals surface area contributed by atoms with Gasteiger partial charge in [0.1, 0.15) is 11.4 Å². The minimum absolute atomic E-state index is 0.289. The Kier molecular flexibility index (Phi) is 2.54. The number of halogens is 1. The maximum Gasteiger partial charge on any atom is 0.291 e. The first kappa shape index (κ1) is 10.3. The zero-order valence-electron chi connectivity index (χ0n) is 8.11. The molecule has 0 fully saturated rings. The van der Waals surface area contributed by atoms with E-state index in [-0.39, 0.29) is 5.69 Å². The first-order valence-corrected chi connectivity index (χ1v) is 5.00. The fraction of sp³-hybridized carbons (Fsp3) is 0.300. The van der Waals surface area contributed by atoms with Crippen LogP contribution >= 0.6 is 11.6 Å². The Hall–Kier alpha value is -1.26. The molecule has 1 unspecified atom stereocenters. The monoisotopic (exact) mass is 227 g/mol. The fourth-order valence-electron chi connectivity index (χ4n) is 1.47. The summed E-state index contributed by atoms with van der Waals surface area (Å²) in [6, 6.07) is 4.77. The molecule has 1 aromatic carbocycles. The van der Waals surface area contributed by atoms with E-state index in [0.29, 0.717) is 22.3 Å². The predicted molar refractivity (Wildman–Crippen MR) is 55.4 cm³/mol. The molecule has 80 valence electrons. The highest BCUT2D eigenvalue weighted by Crippen LogP contribution is 2.35. The van der Waals surface area contributed by atoms with E-state index in [2.05, 4.69) is 0 Å². The molecule has 1 amide bonds. The number of carbonyl (C=O) groups is 1. The Morgan fingerprint density at radius 3 is 3.00 bits per heavy atom. The lowest BCUT2D eigenvalue weighted by Gasteiger charge is -2.29. The number of anilines is 1. The van der Waals surface area contributed by atoms with E-state index in [9.17, 15) is 10.0 Å². The molecule has 0 saturated carbocycles. The highest BCUT2D eigenvalue weighted by molar-refractivity contribution is 6.31. The number of nitrogens with zero attached hydrogens (tertiary/aromatic N) is 1. The van der Waals surface area contributed by atoms with Crippen molar-refractivity contribution >= 4 is 23.2 Å². The largest absolute Gasteiger partial charge is 0.478 e. The van der Waals surface area contributed by atoms with Gasteiger partial charge in [0.05, 0.1) is 0 Å². The van der Waals surface area contributed by atoms with Crippen LogP contribution in [0.15, 0.2) is 18.2 Å². The molecule has 4 nitrogen and oxygen atoms in total. The number of benzene rings is 1. The number of carbonyl (C=O) groups excluding carboxylic acids is 1. The van der Waals surface area contributed by atoms with Crippen LogP contribution in [-0.2, 0) is 4.79 Å². The van der Waals surface area contributed by atoms with Crippen LogP contribution < -0.4 is 9.80 Å². The summed E-state index contributed by atoms with van der Waals surface area (Å²) in [4.78, 5) is 11.5. The quantitative estimate of drug-likeness (QED) is 0.749. The van der Waals surface area contributed by atoms with Gasteiger partial charge in [0.15, 0.2) is 6.10 Å². The van der Waals surface area contributed by atoms with Crippen molar-refractivity contribution in [3.63, 3.8) is 0 Å². The molecule has 0 spiro atoms. The van der Waals surface area contributed by atoms with Crippen LogP contribution in [0.1, 0.15) is 13.3 Å². The Balaban J connectivity index is 2.45.